The first-order valence-corrected chi connectivity index (χ1v) is 4.25. The van der Waals surface area contributed by atoms with E-state index in [2.05, 4.69) is 14.7 Å². The van der Waals surface area contributed by atoms with Crippen LogP contribution in [-0.4, -0.2) is 23.0 Å². The summed E-state index contributed by atoms with van der Waals surface area (Å²) in [6.07, 6.45) is 3.33. The molecule has 2 aromatic heterocycles. The molecule has 2 aromatic rings. The molecule has 0 radical (unpaired) electrons. The Hall–Kier alpha value is -1.84. The van der Waals surface area contributed by atoms with Gasteiger partial charge in [0.2, 0.25) is 0 Å². The molecule has 0 amide bonds. The second kappa shape index (κ2) is 3.14. The standard InChI is InChI=1S/C10H10N2O2/c1-6-7-3-4-11-9(7)12-5-8(6)10(13)14-2/h3-5H,1-2H3,(H,11,12). The summed E-state index contributed by atoms with van der Waals surface area (Å²) in [6, 6.07) is 1.89. The van der Waals surface area contributed by atoms with Crippen molar-refractivity contribution < 1.29 is 9.53 Å². The number of nitrogens with one attached hydrogen (secondary N) is 1. The van der Waals surface area contributed by atoms with Crippen LogP contribution < -0.4 is 0 Å². The third-order valence-corrected chi connectivity index (χ3v) is 2.26. The van der Waals surface area contributed by atoms with Crippen molar-refractivity contribution in [3.05, 3.63) is 29.6 Å². The topological polar surface area (TPSA) is 55.0 Å². The largest absolute Gasteiger partial charge is 0.465 e. The third-order valence-electron chi connectivity index (χ3n) is 2.26. The summed E-state index contributed by atoms with van der Waals surface area (Å²) in [4.78, 5) is 18.4. The first-order valence-electron chi connectivity index (χ1n) is 4.25. The van der Waals surface area contributed by atoms with Gasteiger partial charge in [-0.05, 0) is 18.6 Å². The maximum Gasteiger partial charge on any atom is 0.339 e. The summed E-state index contributed by atoms with van der Waals surface area (Å²) in [5.74, 6) is -0.349. The molecule has 0 bridgehead atoms. The number of aromatic nitrogens is 2. The van der Waals surface area contributed by atoms with Crippen molar-refractivity contribution >= 4 is 17.0 Å². The Morgan fingerprint density at radius 1 is 1.57 bits per heavy atom. The van der Waals surface area contributed by atoms with E-state index in [1.807, 2.05) is 13.0 Å². The second-order valence-corrected chi connectivity index (χ2v) is 3.03. The van der Waals surface area contributed by atoms with Crippen LogP contribution in [0.25, 0.3) is 11.0 Å². The van der Waals surface area contributed by atoms with Gasteiger partial charge < -0.3 is 9.72 Å². The molecule has 2 heterocycles. The van der Waals surface area contributed by atoms with Gasteiger partial charge >= 0.3 is 5.97 Å². The van der Waals surface area contributed by atoms with Crippen LogP contribution in [0.15, 0.2) is 18.5 Å². The van der Waals surface area contributed by atoms with Gasteiger partial charge in [0.25, 0.3) is 0 Å². The molecule has 0 aliphatic rings. The molecule has 14 heavy (non-hydrogen) atoms. The van der Waals surface area contributed by atoms with Crippen LogP contribution in [0, 0.1) is 6.92 Å². The lowest BCUT2D eigenvalue weighted by Crippen LogP contribution is -2.04. The SMILES string of the molecule is COC(=O)c1cnc2[nH]ccc2c1C. The fraction of sp³-hybridized carbons (Fsp3) is 0.200. The number of fused-ring (bicyclic) bond motifs is 1. The quantitative estimate of drug-likeness (QED) is 0.696. The molecule has 0 fully saturated rings. The second-order valence-electron chi connectivity index (χ2n) is 3.03. The van der Waals surface area contributed by atoms with E-state index in [9.17, 15) is 4.79 Å². The summed E-state index contributed by atoms with van der Waals surface area (Å²) in [6.45, 7) is 1.88. The minimum atomic E-state index is -0.349. The highest BCUT2D eigenvalue weighted by Gasteiger charge is 2.12. The van der Waals surface area contributed by atoms with Crippen molar-refractivity contribution in [3.8, 4) is 0 Å². The van der Waals surface area contributed by atoms with Crippen molar-refractivity contribution in [3.63, 3.8) is 0 Å². The van der Waals surface area contributed by atoms with Crippen LogP contribution in [0.5, 0.6) is 0 Å². The fourth-order valence-electron chi connectivity index (χ4n) is 1.46. The summed E-state index contributed by atoms with van der Waals surface area (Å²) >= 11 is 0. The van der Waals surface area contributed by atoms with Crippen LogP contribution in [-0.2, 0) is 4.74 Å². The van der Waals surface area contributed by atoms with E-state index in [0.717, 1.165) is 16.6 Å². The van der Waals surface area contributed by atoms with Crippen LogP contribution >= 0.6 is 0 Å². The number of aryl methyl sites for hydroxylation is 1. The lowest BCUT2D eigenvalue weighted by Gasteiger charge is -2.03. The maximum absolute atomic E-state index is 11.3. The first kappa shape index (κ1) is 8.74. The monoisotopic (exact) mass is 190 g/mol. The molecule has 0 aliphatic carbocycles. The molecule has 0 saturated carbocycles. The normalized spacial score (nSPS) is 10.4. The van der Waals surface area contributed by atoms with Crippen LogP contribution in [0.3, 0.4) is 0 Å². The van der Waals surface area contributed by atoms with E-state index in [4.69, 9.17) is 0 Å². The van der Waals surface area contributed by atoms with Crippen LogP contribution in [0.1, 0.15) is 15.9 Å². The Morgan fingerprint density at radius 2 is 2.36 bits per heavy atom. The molecule has 0 saturated heterocycles. The predicted octanol–water partition coefficient (Wildman–Crippen LogP) is 1.66. The number of carbonyl (C=O) groups excluding carboxylic acids is 1. The Morgan fingerprint density at radius 3 is 3.07 bits per heavy atom. The molecule has 72 valence electrons. The molecule has 0 spiro atoms. The van der Waals surface area contributed by atoms with Gasteiger partial charge in [-0.1, -0.05) is 0 Å². The number of nitrogens with zero attached hydrogens (tertiary/aromatic N) is 1. The smallest absolute Gasteiger partial charge is 0.339 e. The molecule has 0 unspecified atom stereocenters. The lowest BCUT2D eigenvalue weighted by atomic mass is 10.1. The average molecular weight is 190 g/mol. The van der Waals surface area contributed by atoms with Gasteiger partial charge in [-0.2, -0.15) is 0 Å². The maximum atomic E-state index is 11.3. The van der Waals surface area contributed by atoms with Crippen LogP contribution in [0.2, 0.25) is 0 Å². The van der Waals surface area contributed by atoms with Gasteiger partial charge in [0.15, 0.2) is 0 Å². The van der Waals surface area contributed by atoms with E-state index in [0.29, 0.717) is 5.56 Å². The zero-order valence-electron chi connectivity index (χ0n) is 8.00. The zero-order valence-corrected chi connectivity index (χ0v) is 8.00. The van der Waals surface area contributed by atoms with Gasteiger partial charge in [-0.15, -0.1) is 0 Å². The Labute approximate surface area is 80.9 Å². The summed E-state index contributed by atoms with van der Waals surface area (Å²) in [7, 11) is 1.36. The third kappa shape index (κ3) is 1.16. The number of pyridine rings is 1. The summed E-state index contributed by atoms with van der Waals surface area (Å²) in [5, 5.41) is 0.952. The van der Waals surface area contributed by atoms with Gasteiger partial charge in [0.1, 0.15) is 5.65 Å². The van der Waals surface area contributed by atoms with Crippen LogP contribution in [0.4, 0.5) is 0 Å². The highest BCUT2D eigenvalue weighted by molar-refractivity contribution is 5.96. The molecule has 4 nitrogen and oxygen atoms in total. The summed E-state index contributed by atoms with van der Waals surface area (Å²) in [5.41, 5.74) is 2.19. The number of hydrogen-bond acceptors (Lipinski definition) is 3. The highest BCUT2D eigenvalue weighted by atomic mass is 16.5. The predicted molar refractivity (Wildman–Crippen MR) is 52.2 cm³/mol. The molecule has 0 aromatic carbocycles. The molecule has 0 aliphatic heterocycles. The lowest BCUT2D eigenvalue weighted by molar-refractivity contribution is 0.0599. The first-order chi connectivity index (χ1) is 6.74. The van der Waals surface area contributed by atoms with Crippen molar-refractivity contribution in [1.29, 1.82) is 0 Å². The number of hydrogen-bond donors (Lipinski definition) is 1. The number of rotatable bonds is 1. The van der Waals surface area contributed by atoms with E-state index < -0.39 is 0 Å². The minimum absolute atomic E-state index is 0.349. The Balaban J connectivity index is 2.67. The van der Waals surface area contributed by atoms with E-state index in [-0.39, 0.29) is 5.97 Å². The fourth-order valence-corrected chi connectivity index (χ4v) is 1.46. The molecular formula is C10H10N2O2. The van der Waals surface area contributed by atoms with Gasteiger partial charge in [-0.25, -0.2) is 9.78 Å². The van der Waals surface area contributed by atoms with Crippen molar-refractivity contribution in [2.24, 2.45) is 0 Å². The Bertz CT molecular complexity index is 488. The molecule has 4 heteroatoms. The molecule has 2 rings (SSSR count). The summed E-state index contributed by atoms with van der Waals surface area (Å²) < 4.78 is 4.65. The van der Waals surface area contributed by atoms with Gasteiger partial charge in [0, 0.05) is 17.8 Å². The average Bonchev–Trinajstić information content (AvgIpc) is 2.66. The van der Waals surface area contributed by atoms with E-state index in [1.165, 1.54) is 13.3 Å². The highest BCUT2D eigenvalue weighted by Crippen LogP contribution is 2.18. The van der Waals surface area contributed by atoms with E-state index >= 15 is 0 Å². The minimum Gasteiger partial charge on any atom is -0.465 e. The van der Waals surface area contributed by atoms with Gasteiger partial charge in [0.05, 0.1) is 12.7 Å². The van der Waals surface area contributed by atoms with E-state index in [1.54, 1.807) is 6.20 Å². The molecule has 0 atom stereocenters. The molecular weight excluding hydrogens is 180 g/mol. The number of methoxy groups -OCH3 is 1. The van der Waals surface area contributed by atoms with Crippen molar-refractivity contribution in [1.82, 2.24) is 9.97 Å². The zero-order chi connectivity index (χ0) is 10.1. The number of H-pyrrole nitrogens is 1. The number of ether oxygens (including phenoxy) is 1. The number of carbonyl (C=O) groups is 1. The van der Waals surface area contributed by atoms with Crippen molar-refractivity contribution in [2.75, 3.05) is 7.11 Å². The number of esters is 1. The van der Waals surface area contributed by atoms with Crippen molar-refractivity contribution in [2.45, 2.75) is 6.92 Å². The van der Waals surface area contributed by atoms with Gasteiger partial charge in [-0.3, -0.25) is 0 Å². The molecule has 1 N–H and O–H groups in total. The number of aromatic amines is 1. The Kier molecular flexibility index (Phi) is 1.96.